The number of nitrogens with zero attached hydrogens (tertiary/aromatic N) is 4. The topological polar surface area (TPSA) is 88.6 Å². The summed E-state index contributed by atoms with van der Waals surface area (Å²) in [7, 11) is 1.55. The van der Waals surface area contributed by atoms with E-state index in [1.165, 1.54) is 0 Å². The molecule has 2 heterocycles. The summed E-state index contributed by atoms with van der Waals surface area (Å²) in [6, 6.07) is 18.4. The van der Waals surface area contributed by atoms with Crippen LogP contribution in [-0.4, -0.2) is 26.2 Å². The number of methoxy groups -OCH3 is 1. The number of hydrogen-bond donors (Lipinski definition) is 1. The van der Waals surface area contributed by atoms with Crippen LogP contribution >= 0.6 is 11.6 Å². The van der Waals surface area contributed by atoms with E-state index in [1.54, 1.807) is 52.9 Å². The smallest absolute Gasteiger partial charge is 0.334 e. The molecule has 5 aromatic rings. The van der Waals surface area contributed by atoms with Crippen molar-refractivity contribution in [2.24, 2.45) is 0 Å². The van der Waals surface area contributed by atoms with Gasteiger partial charge in [0.2, 0.25) is 0 Å². The van der Waals surface area contributed by atoms with Crippen LogP contribution in [0.5, 0.6) is 5.75 Å². The quantitative estimate of drug-likeness (QED) is 0.462. The van der Waals surface area contributed by atoms with Gasteiger partial charge in [-0.3, -0.25) is 9.13 Å². The maximum atomic E-state index is 13.5. The Morgan fingerprint density at radius 3 is 2.77 bits per heavy atom. The number of imidazole rings is 2. The molecule has 3 aromatic carbocycles. The van der Waals surface area contributed by atoms with Crippen LogP contribution in [0.2, 0.25) is 5.02 Å². The lowest BCUT2D eigenvalue weighted by Gasteiger charge is -2.07. The third kappa shape index (κ3) is 3.14. The van der Waals surface area contributed by atoms with E-state index in [0.717, 1.165) is 16.6 Å². The van der Waals surface area contributed by atoms with Gasteiger partial charge in [0.1, 0.15) is 5.75 Å². The lowest BCUT2D eigenvalue weighted by Crippen LogP contribution is -2.23. The Bertz CT molecular complexity index is 1550. The van der Waals surface area contributed by atoms with Crippen LogP contribution in [0.3, 0.4) is 0 Å². The number of ether oxygens (including phenoxy) is 1. The van der Waals surface area contributed by atoms with Crippen LogP contribution in [0.1, 0.15) is 11.1 Å². The summed E-state index contributed by atoms with van der Waals surface area (Å²) in [5.74, 6) is 0.569. The number of benzene rings is 3. The van der Waals surface area contributed by atoms with E-state index in [1.807, 2.05) is 24.3 Å². The Hall–Kier alpha value is -4.02. The minimum Gasteiger partial charge on any atom is -0.495 e. The van der Waals surface area contributed by atoms with Crippen LogP contribution in [0.4, 0.5) is 0 Å². The zero-order valence-corrected chi connectivity index (χ0v) is 17.2. The SMILES string of the molecule is COc1ccc(Cn2c(=O)n(-c3ccc4nc[nH]c4c3)c3ccc(C#N)cc32)cc1Cl. The van der Waals surface area contributed by atoms with E-state index in [-0.39, 0.29) is 5.69 Å². The summed E-state index contributed by atoms with van der Waals surface area (Å²) < 4.78 is 8.50. The molecule has 0 saturated heterocycles. The highest BCUT2D eigenvalue weighted by Gasteiger charge is 2.17. The van der Waals surface area contributed by atoms with Gasteiger partial charge in [-0.05, 0) is 54.1 Å². The van der Waals surface area contributed by atoms with Crippen molar-refractivity contribution in [2.45, 2.75) is 6.54 Å². The highest BCUT2D eigenvalue weighted by atomic mass is 35.5. The molecule has 0 amide bonds. The molecule has 0 unspecified atom stereocenters. The van der Waals surface area contributed by atoms with Crippen LogP contribution in [0, 0.1) is 11.3 Å². The van der Waals surface area contributed by atoms with Crippen molar-refractivity contribution >= 4 is 33.7 Å². The molecular weight excluding hydrogens is 414 g/mol. The molecule has 0 aliphatic rings. The van der Waals surface area contributed by atoms with Gasteiger partial charge >= 0.3 is 5.69 Å². The molecular formula is C23H16ClN5O2. The normalized spacial score (nSPS) is 11.1. The Kier molecular flexibility index (Phi) is 4.50. The van der Waals surface area contributed by atoms with Crippen molar-refractivity contribution in [3.63, 3.8) is 0 Å². The average molecular weight is 430 g/mol. The maximum absolute atomic E-state index is 13.5. The molecule has 0 fully saturated rings. The fourth-order valence-corrected chi connectivity index (χ4v) is 4.06. The zero-order valence-electron chi connectivity index (χ0n) is 16.5. The highest BCUT2D eigenvalue weighted by Crippen LogP contribution is 2.26. The number of aromatic amines is 1. The molecule has 0 radical (unpaired) electrons. The van der Waals surface area contributed by atoms with Gasteiger partial charge in [-0.15, -0.1) is 0 Å². The van der Waals surface area contributed by atoms with E-state index in [2.05, 4.69) is 16.0 Å². The van der Waals surface area contributed by atoms with Gasteiger partial charge < -0.3 is 9.72 Å². The monoisotopic (exact) mass is 429 g/mol. The second-order valence-corrected chi connectivity index (χ2v) is 7.50. The third-order valence-corrected chi connectivity index (χ3v) is 5.57. The van der Waals surface area contributed by atoms with Crippen LogP contribution in [0.15, 0.2) is 65.7 Å². The van der Waals surface area contributed by atoms with Gasteiger partial charge in [-0.2, -0.15) is 5.26 Å². The Balaban J connectivity index is 1.72. The first-order valence-electron chi connectivity index (χ1n) is 9.50. The van der Waals surface area contributed by atoms with Gasteiger partial charge in [0, 0.05) is 0 Å². The summed E-state index contributed by atoms with van der Waals surface area (Å²) >= 11 is 6.28. The number of hydrogen-bond acceptors (Lipinski definition) is 4. The first-order valence-corrected chi connectivity index (χ1v) is 9.88. The van der Waals surface area contributed by atoms with Crippen molar-refractivity contribution in [3.8, 4) is 17.5 Å². The molecule has 0 atom stereocenters. The summed E-state index contributed by atoms with van der Waals surface area (Å²) in [6.45, 7) is 0.299. The van der Waals surface area contributed by atoms with Crippen molar-refractivity contribution in [1.29, 1.82) is 5.26 Å². The number of aromatic nitrogens is 4. The Morgan fingerprint density at radius 1 is 1.13 bits per heavy atom. The molecule has 0 aliphatic carbocycles. The average Bonchev–Trinajstić information content (AvgIpc) is 3.35. The fraction of sp³-hybridized carbons (Fsp3) is 0.0870. The lowest BCUT2D eigenvalue weighted by atomic mass is 10.2. The lowest BCUT2D eigenvalue weighted by molar-refractivity contribution is 0.415. The summed E-state index contributed by atoms with van der Waals surface area (Å²) in [5, 5.41) is 9.84. The summed E-state index contributed by atoms with van der Waals surface area (Å²) in [5.41, 5.74) is 4.86. The minimum atomic E-state index is -0.212. The van der Waals surface area contributed by atoms with Crippen molar-refractivity contribution < 1.29 is 4.74 Å². The molecule has 152 valence electrons. The van der Waals surface area contributed by atoms with Crippen molar-refractivity contribution in [3.05, 3.63) is 87.6 Å². The second kappa shape index (κ2) is 7.35. The number of halogens is 1. The molecule has 31 heavy (non-hydrogen) atoms. The van der Waals surface area contributed by atoms with E-state index < -0.39 is 0 Å². The first-order chi connectivity index (χ1) is 15.1. The minimum absolute atomic E-state index is 0.212. The van der Waals surface area contributed by atoms with Gasteiger partial charge in [0.15, 0.2) is 0 Å². The molecule has 0 aliphatic heterocycles. The molecule has 8 heteroatoms. The Labute approximate surface area is 181 Å². The number of nitrogens with one attached hydrogen (secondary N) is 1. The van der Waals surface area contributed by atoms with Crippen LogP contribution < -0.4 is 10.4 Å². The number of nitriles is 1. The van der Waals surface area contributed by atoms with Crippen molar-refractivity contribution in [1.82, 2.24) is 19.1 Å². The third-order valence-electron chi connectivity index (χ3n) is 5.28. The standard InChI is InChI=1S/C23H16ClN5O2/c1-31-22-7-3-15(8-17(22)24)12-28-21-9-14(11-25)2-6-20(21)29(23(28)30)16-4-5-18-19(10-16)27-13-26-18/h2-10,13H,12H2,1H3,(H,26,27). The predicted molar refractivity (Wildman–Crippen MR) is 119 cm³/mol. The van der Waals surface area contributed by atoms with Crippen LogP contribution in [0.25, 0.3) is 27.8 Å². The molecule has 2 aromatic heterocycles. The van der Waals surface area contributed by atoms with Gasteiger partial charge in [-0.1, -0.05) is 17.7 Å². The molecule has 7 nitrogen and oxygen atoms in total. The Morgan fingerprint density at radius 2 is 2.00 bits per heavy atom. The highest BCUT2D eigenvalue weighted by molar-refractivity contribution is 6.32. The molecule has 0 bridgehead atoms. The zero-order chi connectivity index (χ0) is 21.5. The second-order valence-electron chi connectivity index (χ2n) is 7.09. The molecule has 5 rings (SSSR count). The van der Waals surface area contributed by atoms with Gasteiger partial charge in [-0.25, -0.2) is 9.78 Å². The summed E-state index contributed by atoms with van der Waals surface area (Å²) in [6.07, 6.45) is 1.62. The molecule has 0 spiro atoms. The van der Waals surface area contributed by atoms with E-state index in [4.69, 9.17) is 16.3 Å². The first kappa shape index (κ1) is 19.0. The van der Waals surface area contributed by atoms with Crippen molar-refractivity contribution in [2.75, 3.05) is 7.11 Å². The summed E-state index contributed by atoms with van der Waals surface area (Å²) in [4.78, 5) is 20.8. The van der Waals surface area contributed by atoms with E-state index in [0.29, 0.717) is 39.6 Å². The molecule has 0 saturated carbocycles. The van der Waals surface area contributed by atoms with E-state index >= 15 is 0 Å². The largest absolute Gasteiger partial charge is 0.495 e. The number of H-pyrrole nitrogens is 1. The number of rotatable bonds is 4. The van der Waals surface area contributed by atoms with Crippen LogP contribution in [-0.2, 0) is 6.54 Å². The van der Waals surface area contributed by atoms with Gasteiger partial charge in [0.05, 0.1) is 64.4 Å². The predicted octanol–water partition coefficient (Wildman–Crippen LogP) is 4.25. The fourth-order valence-electron chi connectivity index (χ4n) is 3.78. The maximum Gasteiger partial charge on any atom is 0.334 e. The van der Waals surface area contributed by atoms with E-state index in [9.17, 15) is 10.1 Å². The van der Waals surface area contributed by atoms with Gasteiger partial charge in [0.25, 0.3) is 0 Å². The number of fused-ring (bicyclic) bond motifs is 2. The molecule has 1 N–H and O–H groups in total.